The second-order valence-electron chi connectivity index (χ2n) is 4.80. The number of nitrogens with one attached hydrogen (secondary N) is 1. The van der Waals surface area contributed by atoms with Gasteiger partial charge in [-0.05, 0) is 31.7 Å². The summed E-state index contributed by atoms with van der Waals surface area (Å²) < 4.78 is 0. The van der Waals surface area contributed by atoms with Crippen molar-refractivity contribution in [2.24, 2.45) is 11.1 Å². The minimum Gasteiger partial charge on any atom is -0.481 e. The van der Waals surface area contributed by atoms with E-state index in [1.807, 2.05) is 0 Å². The van der Waals surface area contributed by atoms with Crippen molar-refractivity contribution in [3.8, 4) is 0 Å². The van der Waals surface area contributed by atoms with E-state index in [2.05, 4.69) is 5.32 Å². The van der Waals surface area contributed by atoms with Crippen molar-refractivity contribution in [2.45, 2.75) is 45.1 Å². The van der Waals surface area contributed by atoms with E-state index in [-0.39, 0.29) is 23.8 Å². The Bertz CT molecular complexity index is 269. The molecule has 1 fully saturated rings. The maximum absolute atomic E-state index is 11.6. The highest BCUT2D eigenvalue weighted by Crippen LogP contribution is 2.42. The maximum atomic E-state index is 11.6. The Morgan fingerprint density at radius 3 is 2.50 bits per heavy atom. The van der Waals surface area contributed by atoms with E-state index in [1.54, 1.807) is 6.92 Å². The van der Waals surface area contributed by atoms with Gasteiger partial charge in [-0.2, -0.15) is 0 Å². The first-order valence-corrected chi connectivity index (χ1v) is 5.69. The highest BCUT2D eigenvalue weighted by molar-refractivity contribution is 5.78. The van der Waals surface area contributed by atoms with Crippen molar-refractivity contribution >= 4 is 11.9 Å². The lowest BCUT2D eigenvalue weighted by molar-refractivity contribution is -0.137. The third-order valence-electron chi connectivity index (χ3n) is 3.27. The van der Waals surface area contributed by atoms with E-state index in [0.29, 0.717) is 13.0 Å². The van der Waals surface area contributed by atoms with Gasteiger partial charge >= 0.3 is 5.97 Å². The first-order chi connectivity index (χ1) is 7.47. The number of aliphatic carboxylic acids is 1. The molecule has 0 radical (unpaired) electrons. The van der Waals surface area contributed by atoms with Gasteiger partial charge in [-0.25, -0.2) is 0 Å². The van der Waals surface area contributed by atoms with Gasteiger partial charge in [0.25, 0.3) is 0 Å². The van der Waals surface area contributed by atoms with Crippen molar-refractivity contribution in [3.05, 3.63) is 0 Å². The molecule has 16 heavy (non-hydrogen) atoms. The topological polar surface area (TPSA) is 92.4 Å². The summed E-state index contributed by atoms with van der Waals surface area (Å²) in [6.45, 7) is 2.23. The molecule has 4 N–H and O–H groups in total. The van der Waals surface area contributed by atoms with Crippen LogP contribution in [0.3, 0.4) is 0 Å². The molecule has 92 valence electrons. The van der Waals surface area contributed by atoms with Gasteiger partial charge in [-0.15, -0.1) is 0 Å². The summed E-state index contributed by atoms with van der Waals surface area (Å²) in [4.78, 5) is 22.1. The number of rotatable bonds is 6. The minimum absolute atomic E-state index is 0.0208. The van der Waals surface area contributed by atoms with E-state index < -0.39 is 5.97 Å². The number of amides is 1. The lowest BCUT2D eigenvalue weighted by atomic mass is 9.66. The normalized spacial score (nSPS) is 19.6. The van der Waals surface area contributed by atoms with Gasteiger partial charge in [0.05, 0.1) is 6.42 Å². The molecule has 0 heterocycles. The smallest absolute Gasteiger partial charge is 0.305 e. The average molecular weight is 228 g/mol. The molecule has 0 aromatic rings. The van der Waals surface area contributed by atoms with Crippen molar-refractivity contribution in [1.29, 1.82) is 0 Å². The van der Waals surface area contributed by atoms with Gasteiger partial charge in [0, 0.05) is 12.5 Å². The van der Waals surface area contributed by atoms with Gasteiger partial charge in [0.1, 0.15) is 0 Å². The zero-order valence-corrected chi connectivity index (χ0v) is 9.66. The highest BCUT2D eigenvalue weighted by atomic mass is 16.4. The number of carbonyl (C=O) groups is 2. The molecule has 1 atom stereocenters. The van der Waals surface area contributed by atoms with Crippen LogP contribution < -0.4 is 11.1 Å². The van der Waals surface area contributed by atoms with Crippen LogP contribution in [0.25, 0.3) is 0 Å². The first-order valence-electron chi connectivity index (χ1n) is 5.69. The minimum atomic E-state index is -0.898. The van der Waals surface area contributed by atoms with Crippen LogP contribution in [-0.4, -0.2) is 29.6 Å². The number of carboxylic acid groups (broad SMARTS) is 1. The van der Waals surface area contributed by atoms with Gasteiger partial charge < -0.3 is 16.2 Å². The molecule has 0 aromatic heterocycles. The third-order valence-corrected chi connectivity index (χ3v) is 3.27. The molecule has 0 aromatic carbocycles. The first kappa shape index (κ1) is 13.0. The molecule has 1 rings (SSSR count). The van der Waals surface area contributed by atoms with Crippen LogP contribution in [-0.2, 0) is 9.59 Å². The monoisotopic (exact) mass is 228 g/mol. The molecule has 0 bridgehead atoms. The van der Waals surface area contributed by atoms with E-state index in [9.17, 15) is 9.59 Å². The van der Waals surface area contributed by atoms with Gasteiger partial charge in [-0.3, -0.25) is 9.59 Å². The molecule has 1 saturated carbocycles. The second-order valence-corrected chi connectivity index (χ2v) is 4.80. The van der Waals surface area contributed by atoms with Crippen LogP contribution in [0.1, 0.15) is 39.0 Å². The number of carbonyl (C=O) groups excluding carboxylic acids is 1. The molecule has 5 nitrogen and oxygen atoms in total. The number of hydrogen-bond donors (Lipinski definition) is 3. The summed E-state index contributed by atoms with van der Waals surface area (Å²) in [5, 5.41) is 11.3. The van der Waals surface area contributed by atoms with Crippen LogP contribution >= 0.6 is 0 Å². The Hall–Kier alpha value is -1.10. The Morgan fingerprint density at radius 2 is 2.12 bits per heavy atom. The Kier molecular flexibility index (Phi) is 4.29. The largest absolute Gasteiger partial charge is 0.481 e. The average Bonchev–Trinajstić information content (AvgIpc) is 2.09. The molecule has 1 amide bonds. The SMILES string of the molecule is CC(CC(=O)O)NC(=O)CC1(CN)CCC1. The van der Waals surface area contributed by atoms with Gasteiger partial charge in [0.2, 0.25) is 5.91 Å². The Balaban J connectivity index is 2.32. The molecule has 1 aliphatic carbocycles. The van der Waals surface area contributed by atoms with Crippen LogP contribution in [0.15, 0.2) is 0 Å². The van der Waals surface area contributed by atoms with E-state index in [0.717, 1.165) is 19.3 Å². The lowest BCUT2D eigenvalue weighted by Gasteiger charge is -2.40. The summed E-state index contributed by atoms with van der Waals surface area (Å²) in [6.07, 6.45) is 3.53. The zero-order valence-electron chi connectivity index (χ0n) is 9.66. The quantitative estimate of drug-likeness (QED) is 0.616. The standard InChI is InChI=1S/C11H20N2O3/c1-8(5-10(15)16)13-9(14)6-11(7-12)3-2-4-11/h8H,2-7,12H2,1H3,(H,13,14)(H,15,16). The van der Waals surface area contributed by atoms with Crippen molar-refractivity contribution in [2.75, 3.05) is 6.54 Å². The Morgan fingerprint density at radius 1 is 1.50 bits per heavy atom. The molecule has 0 saturated heterocycles. The molecular formula is C11H20N2O3. The van der Waals surface area contributed by atoms with E-state index in [1.165, 1.54) is 0 Å². The van der Waals surface area contributed by atoms with E-state index in [4.69, 9.17) is 10.8 Å². The highest BCUT2D eigenvalue weighted by Gasteiger charge is 2.37. The number of carboxylic acids is 1. The number of hydrogen-bond acceptors (Lipinski definition) is 3. The molecule has 0 aliphatic heterocycles. The fourth-order valence-corrected chi connectivity index (χ4v) is 2.11. The van der Waals surface area contributed by atoms with Crippen molar-refractivity contribution in [1.82, 2.24) is 5.32 Å². The van der Waals surface area contributed by atoms with Crippen molar-refractivity contribution < 1.29 is 14.7 Å². The maximum Gasteiger partial charge on any atom is 0.305 e. The van der Waals surface area contributed by atoms with Crippen molar-refractivity contribution in [3.63, 3.8) is 0 Å². The summed E-state index contributed by atoms with van der Waals surface area (Å²) in [6, 6.07) is -0.320. The molecular weight excluding hydrogens is 208 g/mol. The predicted molar refractivity (Wildman–Crippen MR) is 59.8 cm³/mol. The molecule has 1 aliphatic rings. The zero-order chi connectivity index (χ0) is 12.2. The second kappa shape index (κ2) is 5.30. The van der Waals surface area contributed by atoms with E-state index >= 15 is 0 Å². The Labute approximate surface area is 95.4 Å². The predicted octanol–water partition coefficient (Wildman–Crippen LogP) is 0.485. The van der Waals surface area contributed by atoms with Crippen LogP contribution in [0, 0.1) is 5.41 Å². The van der Waals surface area contributed by atoms with Crippen LogP contribution in [0.5, 0.6) is 0 Å². The number of nitrogens with two attached hydrogens (primary N) is 1. The van der Waals surface area contributed by atoms with Gasteiger partial charge in [-0.1, -0.05) is 6.42 Å². The van der Waals surface area contributed by atoms with Crippen LogP contribution in [0.2, 0.25) is 0 Å². The molecule has 0 spiro atoms. The summed E-state index contributed by atoms with van der Waals surface area (Å²) >= 11 is 0. The molecule has 1 unspecified atom stereocenters. The summed E-state index contributed by atoms with van der Waals surface area (Å²) in [5.74, 6) is -0.983. The summed E-state index contributed by atoms with van der Waals surface area (Å²) in [5.41, 5.74) is 5.63. The fraction of sp³-hybridized carbons (Fsp3) is 0.818. The van der Waals surface area contributed by atoms with Gasteiger partial charge in [0.15, 0.2) is 0 Å². The van der Waals surface area contributed by atoms with Crippen LogP contribution in [0.4, 0.5) is 0 Å². The summed E-state index contributed by atoms with van der Waals surface area (Å²) in [7, 11) is 0. The third kappa shape index (κ3) is 3.48. The molecule has 5 heteroatoms. The lowest BCUT2D eigenvalue weighted by Crippen LogP contribution is -2.44. The fourth-order valence-electron chi connectivity index (χ4n) is 2.11.